The van der Waals surface area contributed by atoms with Crippen molar-refractivity contribution in [3.05, 3.63) is 104 Å². The molecule has 1 aliphatic heterocycles. The van der Waals surface area contributed by atoms with Crippen LogP contribution in [0.4, 0.5) is 4.39 Å². The van der Waals surface area contributed by atoms with Crippen LogP contribution in [0.1, 0.15) is 39.8 Å². The van der Waals surface area contributed by atoms with E-state index in [1.54, 1.807) is 12.1 Å². The summed E-state index contributed by atoms with van der Waals surface area (Å²) >= 11 is 0. The lowest BCUT2D eigenvalue weighted by Crippen LogP contribution is -2.37. The number of halogens is 1. The predicted molar refractivity (Wildman–Crippen MR) is 146 cm³/mol. The van der Waals surface area contributed by atoms with E-state index in [0.29, 0.717) is 6.54 Å². The van der Waals surface area contributed by atoms with Crippen LogP contribution in [0.3, 0.4) is 0 Å². The molecular formula is C31H32FN3O2. The van der Waals surface area contributed by atoms with Gasteiger partial charge in [0.1, 0.15) is 5.82 Å². The van der Waals surface area contributed by atoms with Crippen LogP contribution in [0, 0.1) is 12.7 Å². The zero-order valence-corrected chi connectivity index (χ0v) is 21.2. The number of imidazole rings is 1. The molecule has 1 aromatic heterocycles. The van der Waals surface area contributed by atoms with Gasteiger partial charge < -0.3 is 9.72 Å². The lowest BCUT2D eigenvalue weighted by molar-refractivity contribution is 0.0369. The third-order valence-electron chi connectivity index (χ3n) is 7.64. The molecule has 0 radical (unpaired) electrons. The van der Waals surface area contributed by atoms with Gasteiger partial charge in [-0.25, -0.2) is 9.18 Å². The number of fused-ring (bicyclic) bond motifs is 3. The maximum Gasteiger partial charge on any atom is 0.326 e. The number of ether oxygens (including phenoxy) is 1. The van der Waals surface area contributed by atoms with Gasteiger partial charge in [-0.3, -0.25) is 9.47 Å². The minimum atomic E-state index is -0.200. The van der Waals surface area contributed by atoms with Crippen molar-refractivity contribution in [3.8, 4) is 0 Å². The van der Waals surface area contributed by atoms with Gasteiger partial charge in [-0.2, -0.15) is 0 Å². The molecule has 0 spiro atoms. The molecule has 1 saturated heterocycles. The quantitative estimate of drug-likeness (QED) is 0.413. The summed E-state index contributed by atoms with van der Waals surface area (Å²) in [6.07, 6.45) is 4.77. The van der Waals surface area contributed by atoms with Gasteiger partial charge in [-0.05, 0) is 89.9 Å². The van der Waals surface area contributed by atoms with Gasteiger partial charge in [0.05, 0.1) is 24.2 Å². The first-order chi connectivity index (χ1) is 18.0. The number of H-pyrrole nitrogens is 1. The van der Waals surface area contributed by atoms with Crippen molar-refractivity contribution in [2.45, 2.75) is 32.7 Å². The SMILES string of the molecule is Cc1ccc2c(c1)CCc1cc(F)ccc1/C2=C\c1ccc2c(c1)[nH]c(=O)n2CCCN1CCOCC1. The summed E-state index contributed by atoms with van der Waals surface area (Å²) < 4.78 is 21.4. The zero-order chi connectivity index (χ0) is 25.4. The molecule has 37 heavy (non-hydrogen) atoms. The van der Waals surface area contributed by atoms with Gasteiger partial charge in [0.25, 0.3) is 0 Å². The number of rotatable bonds is 5. The first-order valence-corrected chi connectivity index (χ1v) is 13.2. The Kier molecular flexibility index (Phi) is 6.53. The number of hydrogen-bond acceptors (Lipinski definition) is 3. The molecule has 3 aromatic carbocycles. The normalized spacial score (nSPS) is 17.1. The van der Waals surface area contributed by atoms with E-state index in [2.05, 4.69) is 47.1 Å². The molecule has 0 unspecified atom stereocenters. The summed E-state index contributed by atoms with van der Waals surface area (Å²) in [4.78, 5) is 18.2. The molecule has 2 aliphatic rings. The largest absolute Gasteiger partial charge is 0.379 e. The van der Waals surface area contributed by atoms with Crippen LogP contribution >= 0.6 is 0 Å². The van der Waals surface area contributed by atoms with Gasteiger partial charge in [-0.15, -0.1) is 0 Å². The van der Waals surface area contributed by atoms with E-state index in [0.717, 1.165) is 85.4 Å². The highest BCUT2D eigenvalue weighted by atomic mass is 19.1. The average molecular weight is 498 g/mol. The monoisotopic (exact) mass is 497 g/mol. The second-order valence-corrected chi connectivity index (χ2v) is 10.2. The third kappa shape index (κ3) is 4.91. The standard InChI is InChI=1S/C31H32FN3O2/c1-21-3-8-26-23(17-21)5-6-24-20-25(32)7-9-27(24)28(26)18-22-4-10-30-29(19-22)33-31(36)35(30)12-2-11-34-13-15-37-16-14-34/h3-4,7-10,17-20H,2,5-6,11-16H2,1H3,(H,33,36)/b28-18-. The van der Waals surface area contributed by atoms with Gasteiger partial charge in [0.15, 0.2) is 0 Å². The van der Waals surface area contributed by atoms with Gasteiger partial charge >= 0.3 is 5.69 Å². The fourth-order valence-corrected chi connectivity index (χ4v) is 5.73. The summed E-state index contributed by atoms with van der Waals surface area (Å²) in [7, 11) is 0. The number of aromatic amines is 1. The molecule has 1 N–H and O–H groups in total. The molecule has 1 fully saturated rings. The fourth-order valence-electron chi connectivity index (χ4n) is 5.73. The summed E-state index contributed by atoms with van der Waals surface area (Å²) in [5.74, 6) is -0.200. The molecule has 5 nitrogen and oxygen atoms in total. The number of aryl methyl sites for hydroxylation is 4. The van der Waals surface area contributed by atoms with E-state index in [9.17, 15) is 9.18 Å². The molecule has 1 aliphatic carbocycles. The Labute approximate surface area is 216 Å². The second kappa shape index (κ2) is 10.1. The number of aromatic nitrogens is 2. The highest BCUT2D eigenvalue weighted by molar-refractivity contribution is 5.95. The van der Waals surface area contributed by atoms with Gasteiger partial charge in [-0.1, -0.05) is 35.9 Å². The van der Waals surface area contributed by atoms with E-state index in [1.807, 2.05) is 22.8 Å². The highest BCUT2D eigenvalue weighted by Gasteiger charge is 2.19. The van der Waals surface area contributed by atoms with Crippen molar-refractivity contribution in [1.82, 2.24) is 14.5 Å². The number of morpholine rings is 1. The van der Waals surface area contributed by atoms with Crippen LogP contribution < -0.4 is 5.69 Å². The first kappa shape index (κ1) is 23.9. The lowest BCUT2D eigenvalue weighted by atomic mass is 9.91. The molecule has 0 atom stereocenters. The smallest absolute Gasteiger partial charge is 0.326 e. The van der Waals surface area contributed by atoms with Crippen molar-refractivity contribution >= 4 is 22.7 Å². The minimum Gasteiger partial charge on any atom is -0.379 e. The predicted octanol–water partition coefficient (Wildman–Crippen LogP) is 5.19. The number of benzene rings is 3. The molecule has 6 heteroatoms. The maximum absolute atomic E-state index is 14.1. The number of nitrogens with one attached hydrogen (secondary N) is 1. The topological polar surface area (TPSA) is 50.3 Å². The zero-order valence-electron chi connectivity index (χ0n) is 21.2. The van der Waals surface area contributed by atoms with Crippen LogP contribution in [-0.2, 0) is 24.1 Å². The Bertz CT molecular complexity index is 1490. The fraction of sp³-hybridized carbons (Fsp3) is 0.323. The first-order valence-electron chi connectivity index (χ1n) is 13.2. The summed E-state index contributed by atoms with van der Waals surface area (Å²) in [6.45, 7) is 7.24. The van der Waals surface area contributed by atoms with E-state index in [-0.39, 0.29) is 11.5 Å². The van der Waals surface area contributed by atoms with Crippen LogP contribution in [-0.4, -0.2) is 47.3 Å². The van der Waals surface area contributed by atoms with E-state index >= 15 is 0 Å². The summed E-state index contributed by atoms with van der Waals surface area (Å²) in [5, 5.41) is 0. The van der Waals surface area contributed by atoms with Crippen molar-refractivity contribution in [1.29, 1.82) is 0 Å². The molecule has 0 bridgehead atoms. The Morgan fingerprint density at radius 3 is 2.51 bits per heavy atom. The van der Waals surface area contributed by atoms with Crippen LogP contribution in [0.15, 0.2) is 59.4 Å². The van der Waals surface area contributed by atoms with E-state index in [1.165, 1.54) is 16.7 Å². The van der Waals surface area contributed by atoms with Crippen molar-refractivity contribution < 1.29 is 9.13 Å². The summed E-state index contributed by atoms with van der Waals surface area (Å²) in [6, 6.07) is 17.8. The van der Waals surface area contributed by atoms with E-state index < -0.39 is 0 Å². The molecular weight excluding hydrogens is 465 g/mol. The number of nitrogens with zero attached hydrogens (tertiary/aromatic N) is 2. The third-order valence-corrected chi connectivity index (χ3v) is 7.64. The van der Waals surface area contributed by atoms with Gasteiger partial charge in [0.2, 0.25) is 0 Å². The van der Waals surface area contributed by atoms with Crippen molar-refractivity contribution in [2.24, 2.45) is 0 Å². The van der Waals surface area contributed by atoms with Crippen molar-refractivity contribution in [2.75, 3.05) is 32.8 Å². The molecule has 4 aromatic rings. The summed E-state index contributed by atoms with van der Waals surface area (Å²) in [5.41, 5.74) is 9.58. The van der Waals surface area contributed by atoms with E-state index in [4.69, 9.17) is 4.74 Å². The lowest BCUT2D eigenvalue weighted by Gasteiger charge is -2.26. The van der Waals surface area contributed by atoms with Crippen LogP contribution in [0.25, 0.3) is 22.7 Å². The Hall–Kier alpha value is -3.48. The number of hydrogen-bond donors (Lipinski definition) is 1. The highest BCUT2D eigenvalue weighted by Crippen LogP contribution is 2.36. The van der Waals surface area contributed by atoms with Gasteiger partial charge in [0, 0.05) is 26.2 Å². The Morgan fingerprint density at radius 1 is 0.946 bits per heavy atom. The Morgan fingerprint density at radius 2 is 1.70 bits per heavy atom. The van der Waals surface area contributed by atoms with Crippen LogP contribution in [0.5, 0.6) is 0 Å². The molecule has 6 rings (SSSR count). The molecule has 2 heterocycles. The molecule has 0 amide bonds. The minimum absolute atomic E-state index is 0.0714. The molecule has 190 valence electrons. The molecule has 0 saturated carbocycles. The second-order valence-electron chi connectivity index (χ2n) is 10.2. The average Bonchev–Trinajstić information content (AvgIpc) is 3.13. The maximum atomic E-state index is 14.1. The van der Waals surface area contributed by atoms with Crippen molar-refractivity contribution in [3.63, 3.8) is 0 Å². The Balaban J connectivity index is 1.34. The van der Waals surface area contributed by atoms with Crippen LogP contribution in [0.2, 0.25) is 0 Å².